The summed E-state index contributed by atoms with van der Waals surface area (Å²) < 4.78 is 187. The quantitative estimate of drug-likeness (QED) is 0.109. The number of carbonyl (C=O) groups is 7. The largest absolute Gasteiger partial charge is 0.376 e. The molecule has 21 fully saturated rings. The first kappa shape index (κ1) is 96.5. The third-order valence-electron chi connectivity index (χ3n) is 20.1. The van der Waals surface area contributed by atoms with Crippen LogP contribution < -0.4 is 0 Å². The fraction of sp³-hybridized carbons (Fsp3) is 0.900. The van der Waals surface area contributed by atoms with Gasteiger partial charge in [-0.05, 0) is 0 Å². The lowest BCUT2D eigenvalue weighted by Crippen LogP contribution is -2.69. The summed E-state index contributed by atoms with van der Waals surface area (Å²) in [6, 6.07) is 0. The Morgan fingerprint density at radius 2 is 0.277 bits per heavy atom. The normalized spacial score (nSPS) is 41.6. The fourth-order valence-electron chi connectivity index (χ4n) is 15.1. The van der Waals surface area contributed by atoms with Crippen molar-refractivity contribution in [2.75, 3.05) is 140 Å². The predicted octanol–water partition coefficient (Wildman–Crippen LogP) is 2.94. The van der Waals surface area contributed by atoms with Gasteiger partial charge in [-0.1, -0.05) is 82.3 Å². The summed E-state index contributed by atoms with van der Waals surface area (Å²) in [7, 11) is 19.9. The van der Waals surface area contributed by atoms with E-state index in [1.807, 2.05) is 0 Å². The van der Waals surface area contributed by atoms with Gasteiger partial charge in [0.1, 0.15) is 128 Å². The second-order valence-electron chi connectivity index (χ2n) is 26.9. The van der Waals surface area contributed by atoms with Crippen LogP contribution in [0.1, 0.15) is 48.5 Å². The number of hydrogen-bond donors (Lipinski definition) is 0. The predicted molar refractivity (Wildman–Crippen MR) is 408 cm³/mol. The highest BCUT2D eigenvalue weighted by molar-refractivity contribution is 8.15. The highest BCUT2D eigenvalue weighted by atomic mass is 32.2. The van der Waals surface area contributed by atoms with Crippen LogP contribution in [-0.2, 0) is 166 Å². The van der Waals surface area contributed by atoms with Crippen LogP contribution in [0.2, 0.25) is 0 Å². The summed E-state index contributed by atoms with van der Waals surface area (Å²) in [5, 5.41) is -1.89. The molecule has 21 heterocycles. The average molecular weight is 1740 g/mol. The van der Waals surface area contributed by atoms with Gasteiger partial charge in [0.15, 0.2) is 79.8 Å². The van der Waals surface area contributed by atoms with E-state index in [2.05, 4.69) is 0 Å². The van der Waals surface area contributed by atoms with Crippen LogP contribution in [0.15, 0.2) is 0 Å². The van der Waals surface area contributed by atoms with E-state index < -0.39 is 215 Å². The molecule has 21 aliphatic heterocycles. The van der Waals surface area contributed by atoms with E-state index >= 15 is 0 Å². The first-order chi connectivity index (χ1) is 53.7. The van der Waals surface area contributed by atoms with E-state index in [0.717, 1.165) is 82.3 Å². The average Bonchev–Trinajstić information content (AvgIpc) is 0.767. The molecule has 112 heavy (non-hydrogen) atoms. The highest BCUT2D eigenvalue weighted by Gasteiger charge is 2.62. The van der Waals surface area contributed by atoms with Crippen LogP contribution in [0.5, 0.6) is 0 Å². The lowest BCUT2D eigenvalue weighted by Gasteiger charge is -2.52. The maximum Gasteiger partial charge on any atom is 0.187 e. The number of methoxy groups -OCH3 is 14. The molecular formula is C70H112O35S7. The van der Waals surface area contributed by atoms with Crippen LogP contribution in [0, 0.1) is 0 Å². The summed E-state index contributed by atoms with van der Waals surface area (Å²) in [5.74, 6) is -0.378. The number of carbonyl (C=O) groups excluding carboxylic acids is 7. The van der Waals surface area contributed by atoms with Crippen molar-refractivity contribution in [3.8, 4) is 0 Å². The molecule has 0 amide bonds. The van der Waals surface area contributed by atoms with Crippen molar-refractivity contribution in [2.24, 2.45) is 0 Å². The van der Waals surface area contributed by atoms with Gasteiger partial charge in [-0.15, -0.1) is 0 Å². The molecule has 21 aliphatic rings. The highest BCUT2D eigenvalue weighted by Crippen LogP contribution is 2.45. The van der Waals surface area contributed by atoms with Crippen molar-refractivity contribution in [2.45, 2.75) is 263 Å². The number of ether oxygens (including phenoxy) is 28. The molecule has 0 aromatic carbocycles. The van der Waals surface area contributed by atoms with Gasteiger partial charge >= 0.3 is 0 Å². The monoisotopic (exact) mass is 1740 g/mol. The molecule has 0 saturated carbocycles. The Morgan fingerprint density at radius 1 is 0.179 bits per heavy atom. The van der Waals surface area contributed by atoms with Crippen LogP contribution >= 0.6 is 82.3 Å². The van der Waals surface area contributed by atoms with E-state index in [1.165, 1.54) is 148 Å². The molecule has 0 spiro atoms. The molecule has 42 heteroatoms. The number of thioether (sulfide) groups is 7. The third kappa shape index (κ3) is 24.0. The second-order valence-corrected chi connectivity index (χ2v) is 35.3. The Labute approximate surface area is 683 Å². The smallest absolute Gasteiger partial charge is 0.187 e. The van der Waals surface area contributed by atoms with Gasteiger partial charge in [-0.2, -0.15) is 0 Å². The third-order valence-corrected chi connectivity index (χ3v) is 26.5. The molecule has 0 aromatic heterocycles. The Balaban J connectivity index is 1.31. The van der Waals surface area contributed by atoms with Crippen LogP contribution in [0.4, 0.5) is 0 Å². The molecular weight excluding hydrogens is 1630 g/mol. The van der Waals surface area contributed by atoms with Gasteiger partial charge in [0.2, 0.25) is 0 Å². The van der Waals surface area contributed by atoms with Crippen molar-refractivity contribution >= 4 is 118 Å². The van der Waals surface area contributed by atoms with E-state index in [4.69, 9.17) is 133 Å². The zero-order valence-corrected chi connectivity index (χ0v) is 72.5. The molecule has 0 aromatic rings. The maximum absolute atomic E-state index is 13.1. The van der Waals surface area contributed by atoms with Gasteiger partial charge in [-0.3, -0.25) is 33.6 Å². The van der Waals surface area contributed by atoms with Gasteiger partial charge in [0.05, 0.1) is 42.7 Å². The molecule has 21 saturated heterocycles. The molecule has 21 rings (SSSR count). The van der Waals surface area contributed by atoms with Crippen molar-refractivity contribution < 1.29 is 166 Å². The lowest BCUT2D eigenvalue weighted by atomic mass is 9.95. The molecule has 0 radical (unpaired) electrons. The first-order valence-electron chi connectivity index (χ1n) is 36.2. The summed E-state index contributed by atoms with van der Waals surface area (Å²) in [6.07, 6.45) is -42.0. The Bertz CT molecular complexity index is 2430. The van der Waals surface area contributed by atoms with Gasteiger partial charge in [0, 0.05) is 188 Å². The molecule has 644 valence electrons. The molecule has 0 aliphatic carbocycles. The minimum Gasteiger partial charge on any atom is -0.376 e. The zero-order valence-electron chi connectivity index (χ0n) is 66.8. The van der Waals surface area contributed by atoms with Crippen LogP contribution in [0.3, 0.4) is 0 Å². The van der Waals surface area contributed by atoms with Gasteiger partial charge in [-0.25, -0.2) is 0 Å². The molecule has 14 bridgehead atoms. The van der Waals surface area contributed by atoms with E-state index in [9.17, 15) is 33.6 Å². The maximum atomic E-state index is 13.1. The van der Waals surface area contributed by atoms with Crippen molar-refractivity contribution in [1.82, 2.24) is 0 Å². The molecule has 0 unspecified atom stereocenters. The first-order valence-corrected chi connectivity index (χ1v) is 43.1. The topological polar surface area (TPSA) is 378 Å². The molecule has 35 atom stereocenters. The van der Waals surface area contributed by atoms with Crippen molar-refractivity contribution in [3.05, 3.63) is 0 Å². The van der Waals surface area contributed by atoms with E-state index in [1.54, 1.807) is 0 Å². The number of rotatable bonds is 28. The summed E-state index contributed by atoms with van der Waals surface area (Å²) in [4.78, 5) is 91.6. The Hall–Kier alpha value is -0.980. The van der Waals surface area contributed by atoms with E-state index in [0.29, 0.717) is 0 Å². The minimum absolute atomic E-state index is 0.0540. The SMILES string of the molecule is CO[C@H]1[C@@H](OC)[C@@H]2O[C@H]3[C@@H](OC)[C@@H](OC)[C@H](O[C@H]4[C@@H](OC)[C@@H](OC)[C@H](O[C@H]5[C@@H](OC)[C@@H](OC)[C@H](O[C@H]6[C@@H](OC)[C@@H](OC)[C@H](O[C@H]7[C@@H](OC)[C@@H](OC)[C@H](O[C@H]8[C@@H](OC)[C@@H](OC)[C@H](O[C@@H]1[C@@H](CSC(C)=O)O2)O[C@@H]8CSC(C)=O)O[C@@H]7CSC(C)=O)O[C@@H]6CSC(C)=O)O[C@@H]5CSC(C)=O)O[C@@H]4CSC(C)=O)O[C@@H]3CSC(C)=O. The zero-order chi connectivity index (χ0) is 81.9. The number of hydrogen-bond acceptors (Lipinski definition) is 42. The van der Waals surface area contributed by atoms with Crippen LogP contribution in [-0.4, -0.2) is 391 Å². The lowest BCUT2D eigenvalue weighted by molar-refractivity contribution is -0.394. The Kier molecular flexibility index (Phi) is 40.4. The van der Waals surface area contributed by atoms with Crippen LogP contribution in [0.25, 0.3) is 0 Å². The van der Waals surface area contributed by atoms with Crippen molar-refractivity contribution in [3.63, 3.8) is 0 Å². The fourth-order valence-corrected chi connectivity index (χ4v) is 19.8. The van der Waals surface area contributed by atoms with Gasteiger partial charge < -0.3 is 133 Å². The minimum atomic E-state index is -1.40. The standard InChI is InChI=1S/C70H112O35S7/c1-29(71)106-22-36-43-50(78-8)57(85-15)64(92-36)100-44-37(23-107-30(2)72)94-66(59(87-17)51(44)79-9)102-46-39(25-109-32(4)74)96-68(61(89-19)53(46)81-11)104-48-41(27-111-34(6)76)98-70(63(91-21)55(48)83-13)105-49-42(28-112-35(7)77)97-69(62(90-20)56(49)84-14)103-47-40(26-110-33(5)75)95-67(60(88-18)54(47)82-12)101-45-38(24-108-31(3)73)93-65(99-43)58(86-16)52(45)80-10/h36-70H,22-28H2,1-21H3/t36-,37-,38-,39-,40-,41-,42-,43-,44-,45-,46-,47-,48-,49-,50-,51-,52-,53-,54-,55-,56-,57-,58-,59-,60-,61-,62-,63-,64+,65+,66+,67+,68+,69+,70+/m1/s1. The molecule has 0 N–H and O–H groups in total. The second kappa shape index (κ2) is 46.9. The Morgan fingerprint density at radius 3 is 0.357 bits per heavy atom. The summed E-state index contributed by atoms with van der Waals surface area (Å²) in [5.41, 5.74) is 0. The summed E-state index contributed by atoms with van der Waals surface area (Å²) in [6.45, 7) is 9.78. The van der Waals surface area contributed by atoms with Gasteiger partial charge in [0.25, 0.3) is 0 Å². The molecule has 35 nitrogen and oxygen atoms in total. The van der Waals surface area contributed by atoms with Crippen molar-refractivity contribution in [1.29, 1.82) is 0 Å². The van der Waals surface area contributed by atoms with E-state index in [-0.39, 0.29) is 76.1 Å². The summed E-state index contributed by atoms with van der Waals surface area (Å²) >= 11 is 6.55.